The summed E-state index contributed by atoms with van der Waals surface area (Å²) in [4.78, 5) is 18.5. The van der Waals surface area contributed by atoms with Crippen LogP contribution in [0, 0.1) is 0 Å². The fraction of sp³-hybridized carbons (Fsp3) is 0.333. The van der Waals surface area contributed by atoms with E-state index in [-0.39, 0.29) is 24.4 Å². The zero-order chi connectivity index (χ0) is 15.9. The topological polar surface area (TPSA) is 59.2 Å². The smallest absolute Gasteiger partial charge is 0.223 e. The molecule has 2 aromatic rings. The van der Waals surface area contributed by atoms with Crippen LogP contribution in [-0.4, -0.2) is 21.8 Å². The number of amides is 1. The molecule has 0 atom stereocenters. The third-order valence-corrected chi connectivity index (χ3v) is 3.68. The fourth-order valence-electron chi connectivity index (χ4n) is 2.39. The minimum Gasteiger partial charge on any atom is -0.399 e. The lowest BCUT2D eigenvalue weighted by Gasteiger charge is -2.27. The number of hydrogen-bond donors (Lipinski definition) is 1. The minimum atomic E-state index is 0. The number of anilines is 1. The van der Waals surface area contributed by atoms with Gasteiger partial charge in [-0.05, 0) is 43.5 Å². The molecule has 0 bridgehead atoms. The van der Waals surface area contributed by atoms with Crippen molar-refractivity contribution in [3.05, 3.63) is 59.9 Å². The molecular formula is C18H24ClN3O. The van der Waals surface area contributed by atoms with E-state index in [1.165, 1.54) is 0 Å². The number of pyridine rings is 1. The average Bonchev–Trinajstić information content (AvgIpc) is 2.52. The van der Waals surface area contributed by atoms with Crippen LogP contribution in [0.15, 0.2) is 48.8 Å². The van der Waals surface area contributed by atoms with Crippen LogP contribution >= 0.6 is 12.4 Å². The quantitative estimate of drug-likeness (QED) is 0.824. The Bertz CT molecular complexity index is 617. The van der Waals surface area contributed by atoms with E-state index in [1.807, 2.05) is 55.1 Å². The molecule has 4 nitrogen and oxygen atoms in total. The Morgan fingerprint density at radius 1 is 1.22 bits per heavy atom. The summed E-state index contributed by atoms with van der Waals surface area (Å²) in [6.45, 7) is 4.66. The van der Waals surface area contributed by atoms with E-state index >= 15 is 0 Å². The summed E-state index contributed by atoms with van der Waals surface area (Å²) >= 11 is 0. The molecule has 1 aromatic carbocycles. The Labute approximate surface area is 144 Å². The molecule has 0 saturated carbocycles. The van der Waals surface area contributed by atoms with Crippen LogP contribution in [0.1, 0.15) is 31.4 Å². The highest BCUT2D eigenvalue weighted by Gasteiger charge is 2.17. The second-order valence-corrected chi connectivity index (χ2v) is 5.68. The molecule has 23 heavy (non-hydrogen) atoms. The second kappa shape index (κ2) is 9.16. The van der Waals surface area contributed by atoms with Gasteiger partial charge in [0.05, 0.1) is 0 Å². The first-order valence-corrected chi connectivity index (χ1v) is 7.59. The molecule has 1 aromatic heterocycles. The summed E-state index contributed by atoms with van der Waals surface area (Å²) < 4.78 is 0. The highest BCUT2D eigenvalue weighted by Crippen LogP contribution is 2.15. The van der Waals surface area contributed by atoms with Gasteiger partial charge < -0.3 is 10.6 Å². The molecular weight excluding hydrogens is 310 g/mol. The van der Waals surface area contributed by atoms with Gasteiger partial charge >= 0.3 is 0 Å². The van der Waals surface area contributed by atoms with Gasteiger partial charge in [-0.15, -0.1) is 12.4 Å². The van der Waals surface area contributed by atoms with Crippen molar-refractivity contribution in [2.45, 2.75) is 39.3 Å². The molecule has 0 spiro atoms. The Morgan fingerprint density at radius 2 is 1.96 bits per heavy atom. The molecule has 124 valence electrons. The third-order valence-electron chi connectivity index (χ3n) is 3.68. The van der Waals surface area contributed by atoms with Gasteiger partial charge in [0.15, 0.2) is 0 Å². The highest BCUT2D eigenvalue weighted by molar-refractivity contribution is 5.85. The molecule has 0 fully saturated rings. The Balaban J connectivity index is 0.00000264. The summed E-state index contributed by atoms with van der Waals surface area (Å²) in [7, 11) is 0. The number of para-hydroxylation sites is 1. The number of halogens is 1. The largest absolute Gasteiger partial charge is 0.399 e. The number of benzene rings is 1. The van der Waals surface area contributed by atoms with Crippen LogP contribution in [0.2, 0.25) is 0 Å². The standard InChI is InChI=1S/C18H23N3O.ClH/c1-14(2)21(13-15-6-5-11-20-12-15)18(22)10-9-16-7-3-4-8-17(16)19;/h3-8,11-12,14H,9-10,13,19H2,1-2H3;1H. The first-order chi connectivity index (χ1) is 10.6. The summed E-state index contributed by atoms with van der Waals surface area (Å²) in [5, 5.41) is 0. The van der Waals surface area contributed by atoms with Crippen molar-refractivity contribution in [3.8, 4) is 0 Å². The fourth-order valence-corrected chi connectivity index (χ4v) is 2.39. The maximum absolute atomic E-state index is 12.5. The number of rotatable bonds is 6. The van der Waals surface area contributed by atoms with E-state index in [1.54, 1.807) is 12.4 Å². The van der Waals surface area contributed by atoms with Crippen LogP contribution in [0.3, 0.4) is 0 Å². The van der Waals surface area contributed by atoms with E-state index in [4.69, 9.17) is 5.73 Å². The second-order valence-electron chi connectivity index (χ2n) is 5.68. The van der Waals surface area contributed by atoms with Crippen molar-refractivity contribution in [2.75, 3.05) is 5.73 Å². The molecule has 0 aliphatic rings. The van der Waals surface area contributed by atoms with E-state index in [0.29, 0.717) is 19.4 Å². The predicted molar refractivity (Wildman–Crippen MR) is 96.3 cm³/mol. The normalized spacial score (nSPS) is 10.2. The number of nitrogens with two attached hydrogens (primary N) is 1. The van der Waals surface area contributed by atoms with Crippen molar-refractivity contribution in [1.29, 1.82) is 0 Å². The lowest BCUT2D eigenvalue weighted by Crippen LogP contribution is -2.36. The Morgan fingerprint density at radius 3 is 2.57 bits per heavy atom. The van der Waals surface area contributed by atoms with Gasteiger partial charge in [-0.2, -0.15) is 0 Å². The number of nitrogens with zero attached hydrogens (tertiary/aromatic N) is 2. The number of nitrogen functional groups attached to an aromatic ring is 1. The number of carbonyl (C=O) groups excluding carboxylic acids is 1. The SMILES string of the molecule is CC(C)N(Cc1cccnc1)C(=O)CCc1ccccc1N.Cl. The summed E-state index contributed by atoms with van der Waals surface area (Å²) in [6, 6.07) is 11.7. The van der Waals surface area contributed by atoms with E-state index < -0.39 is 0 Å². The van der Waals surface area contributed by atoms with Gasteiger partial charge in [-0.1, -0.05) is 24.3 Å². The maximum atomic E-state index is 12.5. The van der Waals surface area contributed by atoms with E-state index in [0.717, 1.165) is 16.8 Å². The molecule has 1 heterocycles. The van der Waals surface area contributed by atoms with Gasteiger partial charge in [-0.25, -0.2) is 0 Å². The van der Waals surface area contributed by atoms with Crippen LogP contribution in [0.4, 0.5) is 5.69 Å². The first kappa shape index (κ1) is 19.0. The van der Waals surface area contributed by atoms with Crippen LogP contribution in [0.5, 0.6) is 0 Å². The average molecular weight is 334 g/mol. The van der Waals surface area contributed by atoms with Crippen molar-refractivity contribution >= 4 is 24.0 Å². The summed E-state index contributed by atoms with van der Waals surface area (Å²) in [5.74, 6) is 0.141. The maximum Gasteiger partial charge on any atom is 0.223 e. The Hall–Kier alpha value is -2.07. The van der Waals surface area contributed by atoms with Gasteiger partial charge in [0.1, 0.15) is 0 Å². The molecule has 0 radical (unpaired) electrons. The zero-order valence-electron chi connectivity index (χ0n) is 13.6. The van der Waals surface area contributed by atoms with Crippen LogP contribution in [0.25, 0.3) is 0 Å². The molecule has 0 aliphatic heterocycles. The predicted octanol–water partition coefficient (Wildman–Crippen LogP) is 3.46. The summed E-state index contributed by atoms with van der Waals surface area (Å²) in [5.41, 5.74) is 8.76. The number of hydrogen-bond acceptors (Lipinski definition) is 3. The molecule has 5 heteroatoms. The third kappa shape index (κ3) is 5.57. The van der Waals surface area contributed by atoms with E-state index in [9.17, 15) is 4.79 Å². The molecule has 2 rings (SSSR count). The van der Waals surface area contributed by atoms with Gasteiger partial charge in [0.25, 0.3) is 0 Å². The monoisotopic (exact) mass is 333 g/mol. The summed E-state index contributed by atoms with van der Waals surface area (Å²) in [6.07, 6.45) is 4.68. The lowest BCUT2D eigenvalue weighted by atomic mass is 10.1. The molecule has 0 unspecified atom stereocenters. The first-order valence-electron chi connectivity index (χ1n) is 7.59. The molecule has 1 amide bonds. The Kier molecular flexibility index (Phi) is 7.55. The van der Waals surface area contributed by atoms with Crippen LogP contribution < -0.4 is 5.73 Å². The van der Waals surface area contributed by atoms with Gasteiger partial charge in [0, 0.05) is 37.1 Å². The van der Waals surface area contributed by atoms with Crippen molar-refractivity contribution < 1.29 is 4.79 Å². The van der Waals surface area contributed by atoms with Crippen molar-refractivity contribution in [2.24, 2.45) is 0 Å². The van der Waals surface area contributed by atoms with Crippen molar-refractivity contribution in [3.63, 3.8) is 0 Å². The number of aryl methyl sites for hydroxylation is 1. The number of carbonyl (C=O) groups is 1. The van der Waals surface area contributed by atoms with Crippen LogP contribution in [-0.2, 0) is 17.8 Å². The minimum absolute atomic E-state index is 0. The number of aromatic nitrogens is 1. The highest BCUT2D eigenvalue weighted by atomic mass is 35.5. The van der Waals surface area contributed by atoms with Gasteiger partial charge in [0.2, 0.25) is 5.91 Å². The molecule has 0 aliphatic carbocycles. The van der Waals surface area contributed by atoms with Crippen molar-refractivity contribution in [1.82, 2.24) is 9.88 Å². The molecule has 2 N–H and O–H groups in total. The molecule has 0 saturated heterocycles. The lowest BCUT2D eigenvalue weighted by molar-refractivity contribution is -0.133. The van der Waals surface area contributed by atoms with E-state index in [2.05, 4.69) is 4.98 Å². The zero-order valence-corrected chi connectivity index (χ0v) is 14.4. The van der Waals surface area contributed by atoms with Gasteiger partial charge in [-0.3, -0.25) is 9.78 Å².